The van der Waals surface area contributed by atoms with Crippen molar-refractivity contribution >= 4 is 29.4 Å². The van der Waals surface area contributed by atoms with Crippen LogP contribution in [0.3, 0.4) is 0 Å². The lowest BCUT2D eigenvalue weighted by Crippen LogP contribution is -2.51. The highest BCUT2D eigenvalue weighted by atomic mass is 16.2. The number of nitrogens with one attached hydrogen (secondary N) is 2. The number of likely N-dealkylation sites (N-methyl/N-ethyl adjacent to an activating group) is 1. The zero-order chi connectivity index (χ0) is 25.1. The Balaban J connectivity index is 1.57. The highest BCUT2D eigenvalue weighted by molar-refractivity contribution is 6.09. The molecule has 2 aliphatic rings. The van der Waals surface area contributed by atoms with E-state index in [1.807, 2.05) is 31.2 Å². The van der Waals surface area contributed by atoms with Gasteiger partial charge in [-0.25, -0.2) is 4.79 Å². The third kappa shape index (κ3) is 5.26. The number of imide groups is 1. The average molecular weight is 471 g/mol. The number of rotatable bonds is 8. The third-order valence-corrected chi connectivity index (χ3v) is 7.87. The van der Waals surface area contributed by atoms with Crippen LogP contribution in [0.25, 0.3) is 0 Å². The predicted molar refractivity (Wildman–Crippen MR) is 131 cm³/mol. The summed E-state index contributed by atoms with van der Waals surface area (Å²) >= 11 is 0. The molecule has 1 aromatic carbocycles. The van der Waals surface area contributed by atoms with E-state index in [-0.39, 0.29) is 30.3 Å². The normalized spacial score (nSPS) is 22.6. The number of para-hydroxylation sites is 1. The molecule has 0 bridgehead atoms. The molecule has 34 heavy (non-hydrogen) atoms. The van der Waals surface area contributed by atoms with Gasteiger partial charge in [-0.05, 0) is 55.1 Å². The number of carbonyl (C=O) groups is 4. The van der Waals surface area contributed by atoms with Crippen molar-refractivity contribution in [3.05, 3.63) is 29.8 Å². The maximum atomic E-state index is 13.2. The number of aryl methyl sites for hydroxylation is 1. The van der Waals surface area contributed by atoms with E-state index >= 15 is 0 Å². The molecule has 0 aromatic heterocycles. The smallest absolute Gasteiger partial charge is 0.325 e. The first-order valence-electron chi connectivity index (χ1n) is 12.3. The largest absolute Gasteiger partial charge is 0.335 e. The average Bonchev–Trinajstić information content (AvgIpc) is 3.03. The second-order valence-corrected chi connectivity index (χ2v) is 10.3. The summed E-state index contributed by atoms with van der Waals surface area (Å²) in [6, 6.07) is 6.98. The van der Waals surface area contributed by atoms with E-state index in [2.05, 4.69) is 31.4 Å². The first-order chi connectivity index (χ1) is 16.0. The highest BCUT2D eigenvalue weighted by Gasteiger charge is 2.53. The van der Waals surface area contributed by atoms with Crippen molar-refractivity contribution in [2.75, 3.05) is 25.5 Å². The van der Waals surface area contributed by atoms with Crippen LogP contribution in [0.15, 0.2) is 24.3 Å². The molecule has 1 heterocycles. The molecule has 1 saturated carbocycles. The molecule has 1 aliphatic carbocycles. The van der Waals surface area contributed by atoms with Gasteiger partial charge in [-0.15, -0.1) is 0 Å². The molecular formula is C26H38N4O4. The summed E-state index contributed by atoms with van der Waals surface area (Å²) in [7, 11) is 1.50. The van der Waals surface area contributed by atoms with Crippen LogP contribution in [0.4, 0.5) is 10.5 Å². The Hall–Kier alpha value is -2.90. The van der Waals surface area contributed by atoms with E-state index in [0.29, 0.717) is 24.4 Å². The Morgan fingerprint density at radius 2 is 1.82 bits per heavy atom. The minimum Gasteiger partial charge on any atom is -0.335 e. The van der Waals surface area contributed by atoms with Gasteiger partial charge in [0.1, 0.15) is 12.1 Å². The van der Waals surface area contributed by atoms with Gasteiger partial charge in [-0.1, -0.05) is 52.3 Å². The van der Waals surface area contributed by atoms with Crippen LogP contribution < -0.4 is 10.6 Å². The van der Waals surface area contributed by atoms with E-state index in [1.54, 1.807) is 0 Å². The predicted octanol–water partition coefficient (Wildman–Crippen LogP) is 3.56. The van der Waals surface area contributed by atoms with Crippen molar-refractivity contribution in [2.24, 2.45) is 11.3 Å². The van der Waals surface area contributed by atoms with Crippen LogP contribution in [0.5, 0.6) is 0 Å². The lowest BCUT2D eigenvalue weighted by Gasteiger charge is -2.42. The van der Waals surface area contributed by atoms with E-state index in [1.165, 1.54) is 11.9 Å². The Kier molecular flexibility index (Phi) is 7.68. The minimum atomic E-state index is -0.905. The highest BCUT2D eigenvalue weighted by Crippen LogP contribution is 2.45. The van der Waals surface area contributed by atoms with Gasteiger partial charge in [-0.2, -0.15) is 0 Å². The van der Waals surface area contributed by atoms with Crippen LogP contribution in [-0.2, 0) is 20.8 Å². The van der Waals surface area contributed by atoms with Crippen molar-refractivity contribution in [1.82, 2.24) is 15.1 Å². The number of nitrogens with zero attached hydrogens (tertiary/aromatic N) is 2. The zero-order valence-electron chi connectivity index (χ0n) is 21.1. The van der Waals surface area contributed by atoms with Gasteiger partial charge in [0.2, 0.25) is 11.8 Å². The first-order valence-corrected chi connectivity index (χ1v) is 12.3. The minimum absolute atomic E-state index is 0.167. The molecule has 8 heteroatoms. The number of benzene rings is 1. The van der Waals surface area contributed by atoms with Crippen LogP contribution in [-0.4, -0.2) is 59.2 Å². The summed E-state index contributed by atoms with van der Waals surface area (Å²) < 4.78 is 0. The molecule has 2 fully saturated rings. The Bertz CT molecular complexity index is 950. The van der Waals surface area contributed by atoms with E-state index < -0.39 is 17.5 Å². The molecule has 5 amide bonds. The lowest BCUT2D eigenvalue weighted by molar-refractivity contribution is -0.140. The van der Waals surface area contributed by atoms with Crippen LogP contribution >= 0.6 is 0 Å². The summed E-state index contributed by atoms with van der Waals surface area (Å²) in [5.74, 6) is -0.609. The van der Waals surface area contributed by atoms with Crippen molar-refractivity contribution < 1.29 is 19.2 Å². The standard InChI is InChI=1S/C26H38N4O4/c1-6-18-10-8-9-11-20(18)27-21(31)16-29(5)22(32)17-30-23(33)26(28-24(30)34)14-12-19(13-15-26)25(3,4)7-2/h8-11,19H,6-7,12-17H2,1-5H3,(H,27,31)(H,28,34). The Labute approximate surface area is 202 Å². The summed E-state index contributed by atoms with van der Waals surface area (Å²) in [5, 5.41) is 5.71. The molecule has 1 aromatic rings. The van der Waals surface area contributed by atoms with Crippen molar-refractivity contribution in [3.8, 4) is 0 Å². The first kappa shape index (κ1) is 25.7. The maximum Gasteiger partial charge on any atom is 0.325 e. The van der Waals surface area contributed by atoms with Gasteiger partial charge in [-0.3, -0.25) is 19.3 Å². The lowest BCUT2D eigenvalue weighted by atomic mass is 9.65. The number of hydrogen-bond acceptors (Lipinski definition) is 4. The molecule has 1 spiro atoms. The van der Waals surface area contributed by atoms with Crippen LogP contribution in [0.1, 0.15) is 65.4 Å². The van der Waals surface area contributed by atoms with Gasteiger partial charge in [0, 0.05) is 12.7 Å². The topological polar surface area (TPSA) is 98.8 Å². The zero-order valence-corrected chi connectivity index (χ0v) is 21.1. The molecule has 3 rings (SSSR count). The molecular weight excluding hydrogens is 432 g/mol. The fraction of sp³-hybridized carbons (Fsp3) is 0.615. The van der Waals surface area contributed by atoms with E-state index in [9.17, 15) is 19.2 Å². The number of carbonyl (C=O) groups excluding carboxylic acids is 4. The fourth-order valence-electron chi connectivity index (χ4n) is 5.04. The molecule has 1 aliphatic heterocycles. The van der Waals surface area contributed by atoms with E-state index in [0.717, 1.165) is 36.1 Å². The van der Waals surface area contributed by atoms with Gasteiger partial charge >= 0.3 is 6.03 Å². The van der Waals surface area contributed by atoms with Crippen LogP contribution in [0, 0.1) is 11.3 Å². The van der Waals surface area contributed by atoms with Crippen LogP contribution in [0.2, 0.25) is 0 Å². The molecule has 1 saturated heterocycles. The number of hydrogen-bond donors (Lipinski definition) is 2. The summed E-state index contributed by atoms with van der Waals surface area (Å²) in [6.45, 7) is 8.15. The molecule has 0 atom stereocenters. The second kappa shape index (κ2) is 10.2. The maximum absolute atomic E-state index is 13.2. The quantitative estimate of drug-likeness (QED) is 0.568. The second-order valence-electron chi connectivity index (χ2n) is 10.3. The molecule has 8 nitrogen and oxygen atoms in total. The Morgan fingerprint density at radius 1 is 1.18 bits per heavy atom. The summed E-state index contributed by atoms with van der Waals surface area (Å²) in [6.07, 6.45) is 4.75. The monoisotopic (exact) mass is 470 g/mol. The summed E-state index contributed by atoms with van der Waals surface area (Å²) in [4.78, 5) is 53.3. The molecule has 0 unspecified atom stereocenters. The van der Waals surface area contributed by atoms with Gasteiger partial charge in [0.15, 0.2) is 0 Å². The Morgan fingerprint density at radius 3 is 2.44 bits per heavy atom. The fourth-order valence-corrected chi connectivity index (χ4v) is 5.04. The third-order valence-electron chi connectivity index (χ3n) is 7.87. The van der Waals surface area contributed by atoms with Crippen molar-refractivity contribution in [1.29, 1.82) is 0 Å². The van der Waals surface area contributed by atoms with Crippen molar-refractivity contribution in [3.63, 3.8) is 0 Å². The molecule has 0 radical (unpaired) electrons. The van der Waals surface area contributed by atoms with E-state index in [4.69, 9.17) is 0 Å². The van der Waals surface area contributed by atoms with Crippen molar-refractivity contribution in [2.45, 2.75) is 71.8 Å². The van der Waals surface area contributed by atoms with Gasteiger partial charge < -0.3 is 15.5 Å². The van der Waals surface area contributed by atoms with Gasteiger partial charge in [0.25, 0.3) is 5.91 Å². The number of urea groups is 1. The molecule has 186 valence electrons. The number of amides is 5. The summed E-state index contributed by atoms with van der Waals surface area (Å²) in [5.41, 5.74) is 1.02. The van der Waals surface area contributed by atoms with Gasteiger partial charge in [0.05, 0.1) is 6.54 Å². The SMILES string of the molecule is CCc1ccccc1NC(=O)CN(C)C(=O)CN1C(=O)NC2(CCC(C(C)(C)CC)CC2)C1=O. The molecule has 2 N–H and O–H groups in total. The number of anilines is 1.